The number of hydrogen-bond donors (Lipinski definition) is 2. The quantitative estimate of drug-likeness (QED) is 0.426. The second-order valence-corrected chi connectivity index (χ2v) is 5.21. The molecule has 6 heteroatoms. The number of hydrogen-bond acceptors (Lipinski definition) is 4. The van der Waals surface area contributed by atoms with E-state index in [9.17, 15) is 0 Å². The molecular formula is C16H26N4O2. The van der Waals surface area contributed by atoms with Gasteiger partial charge in [0, 0.05) is 51.7 Å². The summed E-state index contributed by atoms with van der Waals surface area (Å²) in [5, 5.41) is 6.58. The van der Waals surface area contributed by atoms with Crippen LogP contribution >= 0.6 is 0 Å². The van der Waals surface area contributed by atoms with Gasteiger partial charge in [0.15, 0.2) is 5.96 Å². The van der Waals surface area contributed by atoms with Crippen LogP contribution in [-0.2, 0) is 15.9 Å². The van der Waals surface area contributed by atoms with E-state index in [1.807, 2.05) is 24.4 Å². The molecule has 22 heavy (non-hydrogen) atoms. The summed E-state index contributed by atoms with van der Waals surface area (Å²) >= 11 is 0. The van der Waals surface area contributed by atoms with E-state index >= 15 is 0 Å². The Morgan fingerprint density at radius 1 is 1.41 bits per heavy atom. The number of nitrogens with one attached hydrogen (secondary N) is 2. The van der Waals surface area contributed by atoms with Crippen LogP contribution in [0.15, 0.2) is 29.4 Å². The van der Waals surface area contributed by atoms with Crippen molar-refractivity contribution >= 4 is 5.96 Å². The van der Waals surface area contributed by atoms with E-state index in [0.717, 1.165) is 63.8 Å². The lowest BCUT2D eigenvalue weighted by atomic mass is 10.3. The van der Waals surface area contributed by atoms with Crippen LogP contribution in [0.4, 0.5) is 0 Å². The normalized spacial score (nSPS) is 18.4. The fraction of sp³-hybridized carbons (Fsp3) is 0.625. The first kappa shape index (κ1) is 16.7. The maximum Gasteiger partial charge on any atom is 0.190 e. The van der Waals surface area contributed by atoms with Crippen LogP contribution in [0.2, 0.25) is 0 Å². The van der Waals surface area contributed by atoms with Crippen molar-refractivity contribution in [2.24, 2.45) is 4.99 Å². The Labute approximate surface area is 132 Å². The minimum Gasteiger partial charge on any atom is -0.379 e. The fourth-order valence-corrected chi connectivity index (χ4v) is 2.25. The third kappa shape index (κ3) is 6.41. The summed E-state index contributed by atoms with van der Waals surface area (Å²) in [5.41, 5.74) is 1.08. The summed E-state index contributed by atoms with van der Waals surface area (Å²) in [6.07, 6.45) is 4.96. The molecule has 0 saturated carbocycles. The van der Waals surface area contributed by atoms with Crippen molar-refractivity contribution in [2.45, 2.75) is 25.4 Å². The third-order valence-electron chi connectivity index (χ3n) is 3.48. The van der Waals surface area contributed by atoms with E-state index < -0.39 is 0 Å². The van der Waals surface area contributed by atoms with E-state index in [2.05, 4.69) is 20.6 Å². The second kappa shape index (κ2) is 10.1. The minimum atomic E-state index is 0.288. The van der Waals surface area contributed by atoms with Gasteiger partial charge in [-0.15, -0.1) is 0 Å². The molecule has 0 radical (unpaired) electrons. The van der Waals surface area contributed by atoms with Crippen molar-refractivity contribution < 1.29 is 9.47 Å². The van der Waals surface area contributed by atoms with Gasteiger partial charge in [-0.1, -0.05) is 6.07 Å². The van der Waals surface area contributed by atoms with E-state index in [0.29, 0.717) is 0 Å². The maximum atomic E-state index is 5.72. The predicted octanol–water partition coefficient (Wildman–Crippen LogP) is 0.985. The average Bonchev–Trinajstić information content (AvgIpc) is 3.07. The standard InChI is InChI=1S/C16H26N4O2/c1-17-16(20-10-6-14-5-2-3-8-18-14)19-9-4-11-22-15-7-12-21-13-15/h2-3,5,8,15H,4,6-7,9-13H2,1H3,(H2,17,19,20). The molecule has 1 aliphatic heterocycles. The maximum absolute atomic E-state index is 5.72. The molecule has 1 aliphatic rings. The van der Waals surface area contributed by atoms with Gasteiger partial charge in [0.1, 0.15) is 0 Å². The zero-order chi connectivity index (χ0) is 15.5. The summed E-state index contributed by atoms with van der Waals surface area (Å²) in [4.78, 5) is 8.51. The fourth-order valence-electron chi connectivity index (χ4n) is 2.25. The van der Waals surface area contributed by atoms with E-state index in [4.69, 9.17) is 9.47 Å². The number of aromatic nitrogens is 1. The second-order valence-electron chi connectivity index (χ2n) is 5.21. The molecule has 2 rings (SSSR count). The van der Waals surface area contributed by atoms with Crippen LogP contribution in [0, 0.1) is 0 Å². The van der Waals surface area contributed by atoms with Crippen LogP contribution in [0.25, 0.3) is 0 Å². The van der Waals surface area contributed by atoms with Crippen LogP contribution in [0.1, 0.15) is 18.5 Å². The van der Waals surface area contributed by atoms with Crippen LogP contribution in [-0.4, -0.2) is 57.0 Å². The lowest BCUT2D eigenvalue weighted by molar-refractivity contribution is 0.0420. The van der Waals surface area contributed by atoms with Gasteiger partial charge in [-0.25, -0.2) is 0 Å². The first-order valence-electron chi connectivity index (χ1n) is 7.92. The van der Waals surface area contributed by atoms with Gasteiger partial charge in [0.05, 0.1) is 12.7 Å². The van der Waals surface area contributed by atoms with Crippen LogP contribution < -0.4 is 10.6 Å². The van der Waals surface area contributed by atoms with Crippen LogP contribution in [0.3, 0.4) is 0 Å². The van der Waals surface area contributed by atoms with Crippen molar-refractivity contribution in [1.29, 1.82) is 0 Å². The number of nitrogens with zero attached hydrogens (tertiary/aromatic N) is 2. The van der Waals surface area contributed by atoms with E-state index in [1.54, 1.807) is 7.05 Å². The highest BCUT2D eigenvalue weighted by atomic mass is 16.5. The first-order valence-corrected chi connectivity index (χ1v) is 7.92. The predicted molar refractivity (Wildman–Crippen MR) is 87.1 cm³/mol. The molecule has 0 aromatic carbocycles. The topological polar surface area (TPSA) is 67.8 Å². The first-order chi connectivity index (χ1) is 10.9. The Kier molecular flexibility index (Phi) is 7.69. The summed E-state index contributed by atoms with van der Waals surface area (Å²) < 4.78 is 11.0. The summed E-state index contributed by atoms with van der Waals surface area (Å²) in [5.74, 6) is 0.820. The minimum absolute atomic E-state index is 0.288. The molecule has 0 aliphatic carbocycles. The number of rotatable bonds is 8. The monoisotopic (exact) mass is 306 g/mol. The average molecular weight is 306 g/mol. The smallest absolute Gasteiger partial charge is 0.190 e. The van der Waals surface area contributed by atoms with Gasteiger partial charge >= 0.3 is 0 Å². The van der Waals surface area contributed by atoms with Crippen molar-refractivity contribution in [1.82, 2.24) is 15.6 Å². The number of ether oxygens (including phenoxy) is 2. The Balaban J connectivity index is 1.51. The van der Waals surface area contributed by atoms with Crippen LogP contribution in [0.5, 0.6) is 0 Å². The molecule has 6 nitrogen and oxygen atoms in total. The lowest BCUT2D eigenvalue weighted by Gasteiger charge is -2.13. The lowest BCUT2D eigenvalue weighted by Crippen LogP contribution is -2.39. The molecule has 1 fully saturated rings. The highest BCUT2D eigenvalue weighted by Crippen LogP contribution is 2.07. The van der Waals surface area contributed by atoms with E-state index in [-0.39, 0.29) is 6.10 Å². The zero-order valence-corrected chi connectivity index (χ0v) is 13.3. The van der Waals surface area contributed by atoms with Gasteiger partial charge in [-0.05, 0) is 25.0 Å². The molecule has 1 atom stereocenters. The number of guanidine groups is 1. The van der Waals surface area contributed by atoms with E-state index in [1.165, 1.54) is 0 Å². The van der Waals surface area contributed by atoms with Gasteiger partial charge in [-0.3, -0.25) is 9.98 Å². The number of pyridine rings is 1. The zero-order valence-electron chi connectivity index (χ0n) is 13.3. The van der Waals surface area contributed by atoms with Gasteiger partial charge in [0.2, 0.25) is 0 Å². The highest BCUT2D eigenvalue weighted by Gasteiger charge is 2.15. The molecule has 1 aromatic rings. The molecule has 0 spiro atoms. The van der Waals surface area contributed by atoms with Gasteiger partial charge in [0.25, 0.3) is 0 Å². The number of aliphatic imine (C=N–C) groups is 1. The van der Waals surface area contributed by atoms with Crippen molar-refractivity contribution in [2.75, 3.05) is 40.0 Å². The summed E-state index contributed by atoms with van der Waals surface area (Å²) in [6.45, 7) is 3.98. The Morgan fingerprint density at radius 2 is 2.32 bits per heavy atom. The molecule has 0 amide bonds. The van der Waals surface area contributed by atoms with Gasteiger partial charge < -0.3 is 20.1 Å². The van der Waals surface area contributed by atoms with Crippen molar-refractivity contribution in [3.05, 3.63) is 30.1 Å². The Morgan fingerprint density at radius 3 is 3.05 bits per heavy atom. The molecule has 1 unspecified atom stereocenters. The molecule has 1 saturated heterocycles. The largest absolute Gasteiger partial charge is 0.379 e. The third-order valence-corrected chi connectivity index (χ3v) is 3.48. The molecule has 0 bridgehead atoms. The van der Waals surface area contributed by atoms with Crippen molar-refractivity contribution in [3.63, 3.8) is 0 Å². The Hall–Kier alpha value is -1.66. The molecule has 2 heterocycles. The molecular weight excluding hydrogens is 280 g/mol. The highest BCUT2D eigenvalue weighted by molar-refractivity contribution is 5.79. The van der Waals surface area contributed by atoms with Crippen molar-refractivity contribution in [3.8, 4) is 0 Å². The van der Waals surface area contributed by atoms with Gasteiger partial charge in [-0.2, -0.15) is 0 Å². The summed E-state index contributed by atoms with van der Waals surface area (Å²) in [7, 11) is 1.78. The molecule has 1 aromatic heterocycles. The molecule has 122 valence electrons. The SMILES string of the molecule is CN=C(NCCCOC1CCOC1)NCCc1ccccn1. The Bertz CT molecular complexity index is 433. The molecule has 2 N–H and O–H groups in total. The summed E-state index contributed by atoms with van der Waals surface area (Å²) in [6, 6.07) is 5.96.